The standard InChI is InChI=1S/C5H11N.C2H4O2/c1-5-2-3-6-4-5;1-2(3)4/h5-6H,2-4H2,1H3;1H3,(H,3,4)/t5-;/m0./s1. The average Bonchev–Trinajstić information content (AvgIpc) is 2.15. The van der Waals surface area contributed by atoms with Crippen LogP contribution in [0.4, 0.5) is 0 Å². The van der Waals surface area contributed by atoms with Gasteiger partial charge in [-0.2, -0.15) is 0 Å². The number of hydrogen-bond acceptors (Lipinski definition) is 2. The third kappa shape index (κ3) is 7.43. The SMILES string of the molecule is CC(=O)O.C[C@H]1CCNC1. The summed E-state index contributed by atoms with van der Waals surface area (Å²) in [7, 11) is 0. The van der Waals surface area contributed by atoms with Crippen molar-refractivity contribution in [1.29, 1.82) is 0 Å². The van der Waals surface area contributed by atoms with Gasteiger partial charge in [0, 0.05) is 6.92 Å². The maximum atomic E-state index is 9.00. The number of nitrogens with one attached hydrogen (secondary N) is 1. The molecule has 1 fully saturated rings. The average molecular weight is 145 g/mol. The summed E-state index contributed by atoms with van der Waals surface area (Å²) in [5.74, 6) is 0.102. The lowest BCUT2D eigenvalue weighted by molar-refractivity contribution is -0.134. The van der Waals surface area contributed by atoms with Crippen molar-refractivity contribution in [2.24, 2.45) is 5.92 Å². The Morgan fingerprint density at radius 2 is 2.20 bits per heavy atom. The van der Waals surface area contributed by atoms with Gasteiger partial charge in [0.2, 0.25) is 0 Å². The maximum Gasteiger partial charge on any atom is 0.300 e. The van der Waals surface area contributed by atoms with Gasteiger partial charge >= 0.3 is 0 Å². The van der Waals surface area contributed by atoms with Crippen molar-refractivity contribution in [3.63, 3.8) is 0 Å². The summed E-state index contributed by atoms with van der Waals surface area (Å²) < 4.78 is 0. The molecule has 0 aromatic carbocycles. The van der Waals surface area contributed by atoms with E-state index >= 15 is 0 Å². The van der Waals surface area contributed by atoms with Gasteiger partial charge in [-0.05, 0) is 25.4 Å². The van der Waals surface area contributed by atoms with Gasteiger partial charge in [-0.25, -0.2) is 0 Å². The van der Waals surface area contributed by atoms with Crippen LogP contribution in [0.2, 0.25) is 0 Å². The van der Waals surface area contributed by atoms with Crippen LogP contribution < -0.4 is 5.32 Å². The Balaban J connectivity index is 0.000000180. The Morgan fingerprint density at radius 3 is 2.30 bits per heavy atom. The highest BCUT2D eigenvalue weighted by atomic mass is 16.4. The first-order valence-electron chi connectivity index (χ1n) is 3.53. The Morgan fingerprint density at radius 1 is 1.70 bits per heavy atom. The van der Waals surface area contributed by atoms with Crippen molar-refractivity contribution in [2.45, 2.75) is 20.3 Å². The minimum absolute atomic E-state index is 0.833. The van der Waals surface area contributed by atoms with Crippen LogP contribution in [0.25, 0.3) is 0 Å². The summed E-state index contributed by atoms with van der Waals surface area (Å²) in [4.78, 5) is 9.00. The highest BCUT2D eigenvalue weighted by Gasteiger charge is 2.06. The van der Waals surface area contributed by atoms with E-state index in [2.05, 4.69) is 12.2 Å². The summed E-state index contributed by atoms with van der Waals surface area (Å²) in [6.45, 7) is 5.83. The molecule has 1 aliphatic heterocycles. The zero-order chi connectivity index (χ0) is 7.98. The van der Waals surface area contributed by atoms with Gasteiger partial charge in [0.1, 0.15) is 0 Å². The van der Waals surface area contributed by atoms with Gasteiger partial charge in [0.15, 0.2) is 0 Å². The van der Waals surface area contributed by atoms with E-state index in [4.69, 9.17) is 9.90 Å². The maximum absolute atomic E-state index is 9.00. The van der Waals surface area contributed by atoms with Gasteiger partial charge in [0.05, 0.1) is 0 Å². The Hall–Kier alpha value is -0.570. The Labute approximate surface area is 61.4 Å². The van der Waals surface area contributed by atoms with E-state index in [0.717, 1.165) is 12.8 Å². The number of rotatable bonds is 0. The van der Waals surface area contributed by atoms with Crippen LogP contribution in [0.5, 0.6) is 0 Å². The second-order valence-corrected chi connectivity index (χ2v) is 2.62. The van der Waals surface area contributed by atoms with Crippen molar-refractivity contribution in [1.82, 2.24) is 5.32 Å². The lowest BCUT2D eigenvalue weighted by Gasteiger charge is -1.90. The third-order valence-electron chi connectivity index (χ3n) is 1.31. The van der Waals surface area contributed by atoms with Crippen LogP contribution in [0.3, 0.4) is 0 Å². The van der Waals surface area contributed by atoms with Crippen LogP contribution in [-0.2, 0) is 4.79 Å². The highest BCUT2D eigenvalue weighted by Crippen LogP contribution is 2.03. The van der Waals surface area contributed by atoms with Gasteiger partial charge in [0.25, 0.3) is 5.97 Å². The molecule has 1 atom stereocenters. The van der Waals surface area contributed by atoms with Crippen molar-refractivity contribution in [2.75, 3.05) is 13.1 Å². The summed E-state index contributed by atoms with van der Waals surface area (Å²) in [6.07, 6.45) is 1.38. The van der Waals surface area contributed by atoms with E-state index in [-0.39, 0.29) is 0 Å². The van der Waals surface area contributed by atoms with Gasteiger partial charge in [-0.1, -0.05) is 6.92 Å². The lowest BCUT2D eigenvalue weighted by Crippen LogP contribution is -2.06. The second kappa shape index (κ2) is 5.23. The molecule has 3 heteroatoms. The first kappa shape index (κ1) is 9.43. The van der Waals surface area contributed by atoms with Crippen molar-refractivity contribution in [3.05, 3.63) is 0 Å². The normalized spacial score (nSPS) is 23.2. The fourth-order valence-electron chi connectivity index (χ4n) is 0.799. The molecule has 0 unspecified atom stereocenters. The molecule has 2 N–H and O–H groups in total. The Bertz CT molecular complexity index is 93.8. The predicted molar refractivity (Wildman–Crippen MR) is 40.0 cm³/mol. The molecular formula is C7H15NO2. The van der Waals surface area contributed by atoms with Crippen LogP contribution in [0.1, 0.15) is 20.3 Å². The summed E-state index contributed by atoms with van der Waals surface area (Å²) in [6, 6.07) is 0. The number of carboxylic acids is 1. The molecule has 0 bridgehead atoms. The Kier molecular flexibility index (Phi) is 4.94. The zero-order valence-electron chi connectivity index (χ0n) is 6.55. The van der Waals surface area contributed by atoms with Crippen LogP contribution in [0, 0.1) is 5.92 Å². The lowest BCUT2D eigenvalue weighted by atomic mass is 10.2. The summed E-state index contributed by atoms with van der Waals surface area (Å²) >= 11 is 0. The first-order chi connectivity index (χ1) is 4.63. The zero-order valence-corrected chi connectivity index (χ0v) is 6.55. The summed E-state index contributed by atoms with van der Waals surface area (Å²) in [5, 5.41) is 10.7. The molecule has 1 aliphatic rings. The molecule has 0 radical (unpaired) electrons. The first-order valence-corrected chi connectivity index (χ1v) is 3.53. The van der Waals surface area contributed by atoms with E-state index in [0.29, 0.717) is 0 Å². The topological polar surface area (TPSA) is 49.3 Å². The molecule has 0 aromatic heterocycles. The number of hydrogen-bond donors (Lipinski definition) is 2. The van der Waals surface area contributed by atoms with E-state index in [1.54, 1.807) is 0 Å². The molecule has 60 valence electrons. The second-order valence-electron chi connectivity index (χ2n) is 2.62. The molecule has 1 saturated heterocycles. The molecule has 0 spiro atoms. The van der Waals surface area contributed by atoms with Crippen molar-refractivity contribution >= 4 is 5.97 Å². The number of carboxylic acid groups (broad SMARTS) is 1. The quantitative estimate of drug-likeness (QED) is 0.527. The fraction of sp³-hybridized carbons (Fsp3) is 0.857. The summed E-state index contributed by atoms with van der Waals surface area (Å²) in [5.41, 5.74) is 0. The minimum Gasteiger partial charge on any atom is -0.481 e. The van der Waals surface area contributed by atoms with Gasteiger partial charge in [-0.3, -0.25) is 4.79 Å². The smallest absolute Gasteiger partial charge is 0.300 e. The fourth-order valence-corrected chi connectivity index (χ4v) is 0.799. The van der Waals surface area contributed by atoms with Gasteiger partial charge in [-0.15, -0.1) is 0 Å². The molecule has 0 saturated carbocycles. The highest BCUT2D eigenvalue weighted by molar-refractivity contribution is 5.62. The molecule has 1 rings (SSSR count). The van der Waals surface area contributed by atoms with Gasteiger partial charge < -0.3 is 10.4 Å². The van der Waals surface area contributed by atoms with Crippen LogP contribution in [0.15, 0.2) is 0 Å². The van der Waals surface area contributed by atoms with Crippen LogP contribution in [-0.4, -0.2) is 24.2 Å². The largest absolute Gasteiger partial charge is 0.481 e. The molecule has 0 amide bonds. The minimum atomic E-state index is -0.833. The number of carbonyl (C=O) groups is 1. The van der Waals surface area contributed by atoms with E-state index in [1.165, 1.54) is 19.5 Å². The molecule has 3 nitrogen and oxygen atoms in total. The number of aliphatic carboxylic acids is 1. The molecule has 0 aliphatic carbocycles. The molecular weight excluding hydrogens is 130 g/mol. The molecule has 10 heavy (non-hydrogen) atoms. The van der Waals surface area contributed by atoms with Crippen LogP contribution >= 0.6 is 0 Å². The van der Waals surface area contributed by atoms with E-state index in [1.807, 2.05) is 0 Å². The predicted octanol–water partition coefficient (Wildman–Crippen LogP) is 0.707. The third-order valence-corrected chi connectivity index (χ3v) is 1.31. The molecule has 1 heterocycles. The van der Waals surface area contributed by atoms with E-state index in [9.17, 15) is 0 Å². The van der Waals surface area contributed by atoms with Crippen molar-refractivity contribution in [3.8, 4) is 0 Å². The van der Waals surface area contributed by atoms with E-state index < -0.39 is 5.97 Å². The monoisotopic (exact) mass is 145 g/mol. The van der Waals surface area contributed by atoms with Crippen molar-refractivity contribution < 1.29 is 9.90 Å². The molecule has 0 aromatic rings.